The van der Waals surface area contributed by atoms with Crippen molar-refractivity contribution < 1.29 is 0 Å². The maximum Gasteiger partial charge on any atom is 0.0461 e. The third-order valence-corrected chi connectivity index (χ3v) is 5.35. The van der Waals surface area contributed by atoms with E-state index in [-0.39, 0.29) is 5.41 Å². The highest BCUT2D eigenvalue weighted by Crippen LogP contribution is 2.34. The molecule has 28 heavy (non-hydrogen) atoms. The van der Waals surface area contributed by atoms with Crippen molar-refractivity contribution in [3.8, 4) is 0 Å². The molecule has 2 aliphatic carbocycles. The van der Waals surface area contributed by atoms with E-state index < -0.39 is 0 Å². The van der Waals surface area contributed by atoms with E-state index in [1.165, 1.54) is 28.2 Å². The predicted octanol–water partition coefficient (Wildman–Crippen LogP) is 7.51. The Bertz CT molecular complexity index is 901. The van der Waals surface area contributed by atoms with Gasteiger partial charge >= 0.3 is 0 Å². The highest BCUT2D eigenvalue weighted by atomic mass is 15.2. The van der Waals surface area contributed by atoms with Crippen LogP contribution in [0.15, 0.2) is 114 Å². The topological polar surface area (TPSA) is 3.24 Å². The minimum absolute atomic E-state index is 0.0561. The molecule has 0 bridgehead atoms. The molecule has 2 aliphatic rings. The van der Waals surface area contributed by atoms with Crippen LogP contribution in [0.3, 0.4) is 0 Å². The van der Waals surface area contributed by atoms with Crippen LogP contribution >= 0.6 is 0 Å². The van der Waals surface area contributed by atoms with Gasteiger partial charge in [-0.25, -0.2) is 0 Å². The maximum absolute atomic E-state index is 3.99. The van der Waals surface area contributed by atoms with Gasteiger partial charge in [0.15, 0.2) is 0 Å². The SMILES string of the molecule is C=C/C(CC)=C1\C=CC(N(C2=CC=CC(C)(C)C=C2)c2ccccc2)=CC1C. The second-order valence-electron chi connectivity index (χ2n) is 8.03. The van der Waals surface area contributed by atoms with Gasteiger partial charge in [0.1, 0.15) is 0 Å². The molecular formula is C27H31N. The number of anilines is 1. The molecule has 0 saturated carbocycles. The smallest absolute Gasteiger partial charge is 0.0461 e. The average Bonchev–Trinajstić information content (AvgIpc) is 2.86. The summed E-state index contributed by atoms with van der Waals surface area (Å²) in [5.41, 5.74) is 6.28. The molecule has 0 aliphatic heterocycles. The van der Waals surface area contributed by atoms with E-state index in [9.17, 15) is 0 Å². The van der Waals surface area contributed by atoms with Crippen LogP contribution in [0.1, 0.15) is 34.1 Å². The summed E-state index contributed by atoms with van der Waals surface area (Å²) in [6.07, 6.45) is 21.0. The summed E-state index contributed by atoms with van der Waals surface area (Å²) in [5, 5.41) is 0. The molecule has 1 atom stereocenters. The van der Waals surface area contributed by atoms with E-state index in [0.29, 0.717) is 5.92 Å². The Kier molecular flexibility index (Phi) is 6.04. The number of benzene rings is 1. The predicted molar refractivity (Wildman–Crippen MR) is 123 cm³/mol. The normalized spacial score (nSPS) is 22.2. The van der Waals surface area contributed by atoms with Crippen LogP contribution in [0.4, 0.5) is 5.69 Å². The standard InChI is InChI=1S/C27H31N/c1-6-22(7-2)26-16-15-25(20-21(26)3)28(23-12-9-8-10-13-23)24-14-11-18-27(4,5)19-17-24/h6,8-21H,1,7H2,2-5H3/b26-22-. The van der Waals surface area contributed by atoms with Crippen molar-refractivity contribution in [3.05, 3.63) is 114 Å². The molecule has 1 aromatic carbocycles. The van der Waals surface area contributed by atoms with E-state index >= 15 is 0 Å². The fourth-order valence-electron chi connectivity index (χ4n) is 3.72. The Morgan fingerprint density at radius 3 is 2.46 bits per heavy atom. The van der Waals surface area contributed by atoms with Crippen LogP contribution in [0, 0.1) is 11.3 Å². The second kappa shape index (κ2) is 8.48. The summed E-state index contributed by atoms with van der Waals surface area (Å²) in [6.45, 7) is 12.9. The lowest BCUT2D eigenvalue weighted by atomic mass is 9.89. The van der Waals surface area contributed by atoms with Gasteiger partial charge in [0, 0.05) is 28.4 Å². The first kappa shape index (κ1) is 19.9. The monoisotopic (exact) mass is 369 g/mol. The highest BCUT2D eigenvalue weighted by Gasteiger charge is 2.21. The Morgan fingerprint density at radius 2 is 1.82 bits per heavy atom. The zero-order valence-electron chi connectivity index (χ0n) is 17.5. The van der Waals surface area contributed by atoms with E-state index in [2.05, 4.69) is 118 Å². The van der Waals surface area contributed by atoms with Gasteiger partial charge in [-0.3, -0.25) is 0 Å². The quantitative estimate of drug-likeness (QED) is 0.519. The number of para-hydroxylation sites is 1. The van der Waals surface area contributed by atoms with Crippen LogP contribution in [0.25, 0.3) is 0 Å². The van der Waals surface area contributed by atoms with Gasteiger partial charge in [-0.2, -0.15) is 0 Å². The Hall–Kier alpha value is -2.80. The first-order valence-electron chi connectivity index (χ1n) is 10.1. The van der Waals surface area contributed by atoms with Gasteiger partial charge in [0.05, 0.1) is 0 Å². The van der Waals surface area contributed by atoms with E-state index in [1.54, 1.807) is 0 Å². The van der Waals surface area contributed by atoms with E-state index in [1.807, 2.05) is 6.08 Å². The van der Waals surface area contributed by atoms with Crippen LogP contribution in [0.5, 0.6) is 0 Å². The van der Waals surface area contributed by atoms with Crippen molar-refractivity contribution >= 4 is 5.69 Å². The van der Waals surface area contributed by atoms with Gasteiger partial charge < -0.3 is 4.90 Å². The van der Waals surface area contributed by atoms with Crippen LogP contribution < -0.4 is 4.90 Å². The van der Waals surface area contributed by atoms with Crippen molar-refractivity contribution in [2.75, 3.05) is 4.90 Å². The van der Waals surface area contributed by atoms with Crippen molar-refractivity contribution in [3.63, 3.8) is 0 Å². The van der Waals surface area contributed by atoms with Crippen molar-refractivity contribution in [2.24, 2.45) is 11.3 Å². The Labute approximate surface area is 170 Å². The van der Waals surface area contributed by atoms with Gasteiger partial charge in [0.2, 0.25) is 0 Å². The molecule has 0 spiro atoms. The largest absolute Gasteiger partial charge is 0.311 e. The van der Waals surface area contributed by atoms with Crippen LogP contribution in [0.2, 0.25) is 0 Å². The second-order valence-corrected chi connectivity index (χ2v) is 8.03. The van der Waals surface area contributed by atoms with E-state index in [4.69, 9.17) is 0 Å². The zero-order chi connectivity index (χ0) is 20.1. The molecule has 1 aromatic rings. The minimum atomic E-state index is 0.0561. The molecule has 0 aromatic heterocycles. The molecule has 0 heterocycles. The zero-order valence-corrected chi connectivity index (χ0v) is 17.5. The summed E-state index contributed by atoms with van der Waals surface area (Å²) in [7, 11) is 0. The van der Waals surface area contributed by atoms with E-state index in [0.717, 1.165) is 6.42 Å². The molecule has 144 valence electrons. The summed E-state index contributed by atoms with van der Waals surface area (Å²) < 4.78 is 0. The molecule has 1 unspecified atom stereocenters. The molecule has 0 amide bonds. The maximum atomic E-state index is 3.99. The minimum Gasteiger partial charge on any atom is -0.311 e. The number of rotatable bonds is 5. The number of allylic oxidation sites excluding steroid dienone is 11. The van der Waals surface area contributed by atoms with Gasteiger partial charge in [-0.15, -0.1) is 0 Å². The van der Waals surface area contributed by atoms with Crippen LogP contribution in [-0.4, -0.2) is 0 Å². The van der Waals surface area contributed by atoms with Crippen molar-refractivity contribution in [1.29, 1.82) is 0 Å². The first-order valence-corrected chi connectivity index (χ1v) is 10.1. The lowest BCUT2D eigenvalue weighted by Crippen LogP contribution is -2.22. The van der Waals surface area contributed by atoms with Crippen molar-refractivity contribution in [2.45, 2.75) is 34.1 Å². The molecule has 1 heteroatoms. The third-order valence-electron chi connectivity index (χ3n) is 5.35. The molecule has 1 nitrogen and oxygen atoms in total. The fourth-order valence-corrected chi connectivity index (χ4v) is 3.72. The summed E-state index contributed by atoms with van der Waals surface area (Å²) in [6, 6.07) is 10.6. The van der Waals surface area contributed by atoms with Gasteiger partial charge in [0.25, 0.3) is 0 Å². The fraction of sp³-hybridized carbons (Fsp3) is 0.259. The number of hydrogen-bond donors (Lipinski definition) is 0. The summed E-state index contributed by atoms with van der Waals surface area (Å²) in [4.78, 5) is 2.34. The average molecular weight is 370 g/mol. The first-order chi connectivity index (χ1) is 13.4. The molecule has 0 radical (unpaired) electrons. The Balaban J connectivity index is 2.05. The lowest BCUT2D eigenvalue weighted by molar-refractivity contribution is 0.627. The molecule has 0 N–H and O–H groups in total. The lowest BCUT2D eigenvalue weighted by Gasteiger charge is -2.30. The number of nitrogens with zero attached hydrogens (tertiary/aromatic N) is 1. The summed E-state index contributed by atoms with van der Waals surface area (Å²) >= 11 is 0. The third kappa shape index (κ3) is 4.36. The molecule has 0 saturated heterocycles. The molecule has 0 fully saturated rings. The molecular weight excluding hydrogens is 338 g/mol. The Morgan fingerprint density at radius 1 is 1.07 bits per heavy atom. The van der Waals surface area contributed by atoms with Crippen molar-refractivity contribution in [1.82, 2.24) is 0 Å². The van der Waals surface area contributed by atoms with Crippen LogP contribution in [-0.2, 0) is 0 Å². The van der Waals surface area contributed by atoms with Gasteiger partial charge in [-0.05, 0) is 47.9 Å². The number of hydrogen-bond acceptors (Lipinski definition) is 1. The van der Waals surface area contributed by atoms with Gasteiger partial charge in [-0.1, -0.05) is 88.9 Å². The summed E-state index contributed by atoms with van der Waals surface area (Å²) in [5.74, 6) is 0.349. The highest BCUT2D eigenvalue weighted by molar-refractivity contribution is 5.65. The molecule has 3 rings (SSSR count).